The van der Waals surface area contributed by atoms with Gasteiger partial charge in [-0.25, -0.2) is 0 Å². The van der Waals surface area contributed by atoms with Crippen LogP contribution in [0.25, 0.3) is 11.1 Å². The zero-order valence-electron chi connectivity index (χ0n) is 38.1. The number of aromatic nitrogens is 2. The number of benzene rings is 6. The number of hydrogen-bond donors (Lipinski definition) is 5. The zero-order valence-corrected chi connectivity index (χ0v) is 44.2. The van der Waals surface area contributed by atoms with E-state index < -0.39 is 79.8 Å². The van der Waals surface area contributed by atoms with Gasteiger partial charge in [0.1, 0.15) is 0 Å². The second-order valence-corrected chi connectivity index (χ2v) is 32.0. The maximum absolute atomic E-state index is 12.1. The van der Waals surface area contributed by atoms with Crippen molar-refractivity contribution in [2.75, 3.05) is 0 Å². The summed E-state index contributed by atoms with van der Waals surface area (Å²) < 4.78 is 174. The maximum atomic E-state index is 12.1. The molecule has 5 N–H and O–H groups in total. The minimum absolute atomic E-state index is 0.145. The van der Waals surface area contributed by atoms with Crippen LogP contribution in [0.1, 0.15) is 5.56 Å². The third-order valence-electron chi connectivity index (χ3n) is 12.7. The molecule has 380 valence electrons. The average molecular weight is 1130 g/mol. The molecule has 0 bridgehead atoms. The predicted octanol–water partition coefficient (Wildman–Crippen LogP) is 3.84. The molecule has 0 amide bonds. The van der Waals surface area contributed by atoms with Crippen LogP contribution in [0.2, 0.25) is 0 Å². The molecule has 6 aromatic carbocycles. The van der Waals surface area contributed by atoms with Crippen molar-refractivity contribution in [3.05, 3.63) is 200 Å². The summed E-state index contributed by atoms with van der Waals surface area (Å²) in [4.78, 5) is -1.80. The molecule has 2 heterocycles. The number of hydrogen-bond acceptors (Lipinski definition) is 10. The molecule has 0 fully saturated rings. The Balaban J connectivity index is 1.21. The average Bonchev–Trinajstić information content (AvgIpc) is 3.34. The summed E-state index contributed by atoms with van der Waals surface area (Å²) in [6, 6.07) is 43.4. The van der Waals surface area contributed by atoms with Crippen LogP contribution in [-0.4, -0.2) is 64.9 Å². The van der Waals surface area contributed by atoms with E-state index in [1.807, 2.05) is 77.0 Å². The number of rotatable bonds is 16. The van der Waals surface area contributed by atoms with Gasteiger partial charge in [-0.05, 0) is 0 Å². The Morgan fingerprint density at radius 2 is 0.479 bits per heavy atom. The van der Waals surface area contributed by atoms with Crippen molar-refractivity contribution in [2.24, 2.45) is 0 Å². The van der Waals surface area contributed by atoms with Gasteiger partial charge >= 0.3 is 426 Å². The molecule has 0 unspecified atom stereocenters. The van der Waals surface area contributed by atoms with Crippen LogP contribution in [0, 0.1) is 6.92 Å². The van der Waals surface area contributed by atoms with Gasteiger partial charge in [0.2, 0.25) is 0 Å². The molecule has 17 nitrogen and oxygen atoms in total. The summed E-state index contributed by atoms with van der Waals surface area (Å²) in [6.07, 6.45) is 7.79. The predicted molar refractivity (Wildman–Crippen MR) is 279 cm³/mol. The summed E-state index contributed by atoms with van der Waals surface area (Å²) in [5.74, 6) is 0. The van der Waals surface area contributed by atoms with Gasteiger partial charge in [0.25, 0.3) is 0 Å². The quantitative estimate of drug-likeness (QED) is 0.0522. The van der Waals surface area contributed by atoms with E-state index in [2.05, 4.69) is 0 Å². The molecule has 0 saturated heterocycles. The molecule has 24 heteroatoms. The van der Waals surface area contributed by atoms with Crippen molar-refractivity contribution in [3.63, 3.8) is 0 Å². The van der Waals surface area contributed by atoms with Crippen LogP contribution >= 0.6 is 14.5 Å². The number of nitrogens with zero attached hydrogens (tertiary/aromatic N) is 2. The van der Waals surface area contributed by atoms with E-state index in [0.29, 0.717) is 22.2 Å². The molecule has 8 rings (SSSR count). The molecular formula is C49H46N2O15P2S5+2. The Kier molecular flexibility index (Phi) is 14.6. The van der Waals surface area contributed by atoms with Gasteiger partial charge < -0.3 is 0 Å². The van der Waals surface area contributed by atoms with Gasteiger partial charge in [-0.15, -0.1) is 0 Å². The fourth-order valence-electron chi connectivity index (χ4n) is 9.00. The number of pyridine rings is 2. The van der Waals surface area contributed by atoms with Crippen molar-refractivity contribution in [2.45, 2.75) is 44.0 Å². The molecule has 0 radical (unpaired) electrons. The fourth-order valence-corrected chi connectivity index (χ4v) is 20.4. The normalized spacial score (nSPS) is 13.3. The van der Waals surface area contributed by atoms with Crippen LogP contribution in [0.4, 0.5) is 0 Å². The van der Waals surface area contributed by atoms with E-state index in [1.165, 1.54) is 97.1 Å². The Morgan fingerprint density at radius 3 is 0.658 bits per heavy atom. The van der Waals surface area contributed by atoms with E-state index >= 15 is 0 Å². The second kappa shape index (κ2) is 20.0. The second-order valence-electron chi connectivity index (χ2n) is 17.2. The van der Waals surface area contributed by atoms with Crippen molar-refractivity contribution in [1.29, 1.82) is 0 Å². The third-order valence-corrected chi connectivity index (χ3v) is 26.7. The molecule has 0 aliphatic rings. The first kappa shape index (κ1) is 53.3. The molecule has 0 aliphatic heterocycles. The Hall–Kier alpha value is -5.97. The van der Waals surface area contributed by atoms with Crippen molar-refractivity contribution < 1.29 is 74.0 Å². The molecule has 2 aromatic heterocycles. The summed E-state index contributed by atoms with van der Waals surface area (Å²) in [5, 5.41) is 4.00. The molecule has 0 atom stereocenters. The van der Waals surface area contributed by atoms with Crippen LogP contribution < -0.4 is 41.0 Å². The molecule has 0 aliphatic carbocycles. The van der Waals surface area contributed by atoms with Gasteiger partial charge in [0, 0.05) is 0 Å². The first-order valence-corrected chi connectivity index (χ1v) is 33.3. The molecule has 0 saturated carbocycles. The van der Waals surface area contributed by atoms with Crippen molar-refractivity contribution in [3.8, 4) is 11.1 Å². The van der Waals surface area contributed by atoms with Gasteiger partial charge in [0.05, 0.1) is 0 Å². The summed E-state index contributed by atoms with van der Waals surface area (Å²) in [7, 11) is -29.9. The van der Waals surface area contributed by atoms with Crippen molar-refractivity contribution in [1.82, 2.24) is 0 Å². The number of aryl methyl sites for hydroxylation is 1. The summed E-state index contributed by atoms with van der Waals surface area (Å²) in [5.41, 5.74) is 2.53. The standard InChI is InChI=1S/C49H44N2O15P2S5/c1-36-2-4-39(5-3-36)67(40-6-16-45(17-7-40)69(52,53)54,41-8-18-46(19-9-41)70(55,56)57)34-50-30-26-37(27-31-50)38-28-32-51(33-29-38)35-68(42-10-20-47(21-11-42)71(58,59)60,43-12-22-48(23-13-43)72(61,62)63)44-14-24-49(25-15-44)73(64,65)66/h2-33,67-68H,34-35H2,1H3,(H3-2,52,53,54,55,56,57,58,59,60,61,62,63,64,65,66)/p+2. The minimum atomic E-state index is -4.62. The van der Waals surface area contributed by atoms with E-state index in [4.69, 9.17) is 0 Å². The summed E-state index contributed by atoms with van der Waals surface area (Å²) >= 11 is 0. The van der Waals surface area contributed by atoms with Crippen molar-refractivity contribution >= 4 is 96.9 Å². The zero-order chi connectivity index (χ0) is 52.8. The van der Waals surface area contributed by atoms with Gasteiger partial charge in [0.15, 0.2) is 0 Å². The van der Waals surface area contributed by atoms with Gasteiger partial charge in [-0.3, -0.25) is 0 Å². The van der Waals surface area contributed by atoms with Crippen LogP contribution in [0.3, 0.4) is 0 Å². The van der Waals surface area contributed by atoms with E-state index in [9.17, 15) is 64.9 Å². The van der Waals surface area contributed by atoms with Crippen LogP contribution in [-0.2, 0) is 63.2 Å². The fraction of sp³-hybridized carbons (Fsp3) is 0.0612. The topological polar surface area (TPSA) is 280 Å². The monoisotopic (exact) mass is 1120 g/mol. The van der Waals surface area contributed by atoms with E-state index in [1.54, 1.807) is 36.7 Å². The first-order chi connectivity index (χ1) is 34.2. The molecular weight excluding hydrogens is 1080 g/mol. The summed E-state index contributed by atoms with van der Waals surface area (Å²) in [6.45, 7) is 1.93. The Bertz CT molecular complexity index is 3670. The third kappa shape index (κ3) is 11.4. The molecule has 8 aromatic rings. The van der Waals surface area contributed by atoms with Gasteiger partial charge in [-0.2, -0.15) is 0 Å². The molecule has 0 spiro atoms. The van der Waals surface area contributed by atoms with Crippen LogP contribution in [0.15, 0.2) is 219 Å². The SMILES string of the molecule is Cc1ccc([PH](C[n+]2ccc(-c3cc[n+](C[PH](c4ccc(S(=O)(=O)O)cc4)(c4ccc(S(=O)(=O)O)cc4)c4ccc(S(=O)(=O)O)cc4)cc3)cc2)(c2ccc(S(=O)(=O)O)cc2)c2ccc(S(=O)(=O)O)cc2)cc1. The Labute approximate surface area is 423 Å². The van der Waals surface area contributed by atoms with Crippen LogP contribution in [0.5, 0.6) is 0 Å². The molecule has 73 heavy (non-hydrogen) atoms. The van der Waals surface area contributed by atoms with E-state index in [-0.39, 0.29) is 16.1 Å². The Morgan fingerprint density at radius 1 is 0.301 bits per heavy atom. The van der Waals surface area contributed by atoms with Gasteiger partial charge in [-0.1, -0.05) is 0 Å². The first-order valence-electron chi connectivity index (χ1n) is 21.6. The van der Waals surface area contributed by atoms with E-state index in [0.717, 1.165) is 32.6 Å².